The van der Waals surface area contributed by atoms with Crippen molar-refractivity contribution in [2.75, 3.05) is 7.11 Å². The summed E-state index contributed by atoms with van der Waals surface area (Å²) in [4.78, 5) is 39.8. The van der Waals surface area contributed by atoms with Gasteiger partial charge in [0.2, 0.25) is 0 Å². The summed E-state index contributed by atoms with van der Waals surface area (Å²) in [5, 5.41) is 3.33. The molecule has 0 amide bonds. The number of aryl methyl sites for hydroxylation is 1. The first kappa shape index (κ1) is 23.3. The van der Waals surface area contributed by atoms with Gasteiger partial charge >= 0.3 is 11.9 Å². The molecule has 33 heavy (non-hydrogen) atoms. The topological polar surface area (TPSA) is 81.7 Å². The number of rotatable bonds is 4. The Labute approximate surface area is 195 Å². The van der Waals surface area contributed by atoms with E-state index in [1.807, 2.05) is 45.0 Å². The van der Waals surface area contributed by atoms with Gasteiger partial charge < -0.3 is 14.8 Å². The van der Waals surface area contributed by atoms with Crippen LogP contribution in [0.4, 0.5) is 0 Å². The van der Waals surface area contributed by atoms with Crippen molar-refractivity contribution < 1.29 is 23.9 Å². The van der Waals surface area contributed by atoms with Crippen LogP contribution in [0.3, 0.4) is 0 Å². The fourth-order valence-electron chi connectivity index (χ4n) is 5.57. The minimum Gasteiger partial charge on any atom is -0.468 e. The Kier molecular flexibility index (Phi) is 6.73. The van der Waals surface area contributed by atoms with E-state index in [1.54, 1.807) is 0 Å². The molecule has 6 heteroatoms. The summed E-state index contributed by atoms with van der Waals surface area (Å²) in [6, 6.07) is 7.78. The number of ether oxygens (including phenoxy) is 2. The lowest BCUT2D eigenvalue weighted by Gasteiger charge is -2.39. The van der Waals surface area contributed by atoms with Crippen molar-refractivity contribution in [1.82, 2.24) is 5.32 Å². The fraction of sp³-hybridized carbons (Fsp3) is 0.519. The van der Waals surface area contributed by atoms with Crippen LogP contribution in [0.25, 0.3) is 0 Å². The molecule has 0 radical (unpaired) electrons. The van der Waals surface area contributed by atoms with Gasteiger partial charge in [-0.1, -0.05) is 37.6 Å². The molecule has 0 unspecified atom stereocenters. The molecule has 0 spiro atoms. The maximum atomic E-state index is 13.8. The monoisotopic (exact) mass is 451 g/mol. The normalized spacial score (nSPS) is 25.9. The first-order valence-electron chi connectivity index (χ1n) is 11.9. The molecule has 0 aromatic heterocycles. The van der Waals surface area contributed by atoms with Crippen LogP contribution in [0.2, 0.25) is 0 Å². The van der Waals surface area contributed by atoms with E-state index in [0.29, 0.717) is 23.3 Å². The van der Waals surface area contributed by atoms with Gasteiger partial charge in [-0.3, -0.25) is 9.59 Å². The van der Waals surface area contributed by atoms with Crippen LogP contribution in [-0.4, -0.2) is 30.9 Å². The first-order chi connectivity index (χ1) is 15.8. The second-order valence-corrected chi connectivity index (χ2v) is 9.56. The van der Waals surface area contributed by atoms with Gasteiger partial charge in [0.25, 0.3) is 0 Å². The van der Waals surface area contributed by atoms with E-state index in [-0.39, 0.29) is 23.8 Å². The predicted molar refractivity (Wildman–Crippen MR) is 124 cm³/mol. The van der Waals surface area contributed by atoms with E-state index in [9.17, 15) is 14.4 Å². The number of hydrogen-bond acceptors (Lipinski definition) is 6. The molecule has 1 aliphatic heterocycles. The summed E-state index contributed by atoms with van der Waals surface area (Å²) in [7, 11) is 1.31. The fourth-order valence-corrected chi connectivity index (χ4v) is 5.57. The molecule has 2 aliphatic carbocycles. The second kappa shape index (κ2) is 9.54. The van der Waals surface area contributed by atoms with Crippen molar-refractivity contribution >= 4 is 17.7 Å². The quantitative estimate of drug-likeness (QED) is 0.537. The highest BCUT2D eigenvalue weighted by molar-refractivity contribution is 6.12. The molecule has 1 N–H and O–H groups in total. The van der Waals surface area contributed by atoms with Gasteiger partial charge in [-0.2, -0.15) is 0 Å². The summed E-state index contributed by atoms with van der Waals surface area (Å²) >= 11 is 0. The number of esters is 2. The highest BCUT2D eigenvalue weighted by atomic mass is 16.5. The highest BCUT2D eigenvalue weighted by Gasteiger charge is 2.47. The van der Waals surface area contributed by atoms with Gasteiger partial charge in [0.15, 0.2) is 5.78 Å². The Balaban J connectivity index is 1.80. The Hall–Kier alpha value is -2.89. The standard InChI is InChI=1S/C27H33NO5/c1-15-10-8-9-13-19(15)23-22(27(31)33-18-11-6-5-7-12-18)17(3)28-20-14-16(2)21(26(30)32-4)25(29)24(20)23/h8-10,13,16,18,21,23,28H,5-7,11-12,14H2,1-4H3/t16-,21-,23+/m1/s1. The average Bonchev–Trinajstić information content (AvgIpc) is 2.79. The van der Waals surface area contributed by atoms with Gasteiger partial charge in [0, 0.05) is 22.9 Å². The molecule has 0 bridgehead atoms. The molecule has 176 valence electrons. The van der Waals surface area contributed by atoms with Crippen LogP contribution in [-0.2, 0) is 23.9 Å². The number of allylic oxidation sites excluding steroid dienone is 3. The third kappa shape index (κ3) is 4.35. The maximum absolute atomic E-state index is 13.8. The minimum atomic E-state index is -0.879. The number of ketones is 1. The third-order valence-electron chi connectivity index (χ3n) is 7.29. The van der Waals surface area contributed by atoms with Crippen molar-refractivity contribution in [3.8, 4) is 0 Å². The molecule has 1 aromatic rings. The number of hydrogen-bond donors (Lipinski definition) is 1. The van der Waals surface area contributed by atoms with Crippen molar-refractivity contribution in [3.05, 3.63) is 57.9 Å². The lowest BCUT2D eigenvalue weighted by atomic mass is 9.68. The summed E-state index contributed by atoms with van der Waals surface area (Å²) in [6.07, 6.45) is 5.46. The smallest absolute Gasteiger partial charge is 0.337 e. The molecule has 0 saturated heterocycles. The summed E-state index contributed by atoms with van der Waals surface area (Å²) in [5.74, 6) is -2.83. The van der Waals surface area contributed by atoms with E-state index >= 15 is 0 Å². The van der Waals surface area contributed by atoms with E-state index in [4.69, 9.17) is 9.47 Å². The van der Waals surface area contributed by atoms with Gasteiger partial charge in [-0.25, -0.2) is 4.79 Å². The summed E-state index contributed by atoms with van der Waals surface area (Å²) < 4.78 is 10.9. The van der Waals surface area contributed by atoms with Crippen molar-refractivity contribution in [1.29, 1.82) is 0 Å². The molecular formula is C27H33NO5. The number of nitrogens with one attached hydrogen (secondary N) is 1. The number of dihydropyridines is 1. The first-order valence-corrected chi connectivity index (χ1v) is 11.9. The van der Waals surface area contributed by atoms with Crippen LogP contribution in [0.5, 0.6) is 0 Å². The van der Waals surface area contributed by atoms with Crippen LogP contribution in [0.15, 0.2) is 46.8 Å². The van der Waals surface area contributed by atoms with Crippen LogP contribution in [0.1, 0.15) is 69.4 Å². The molecular weight excluding hydrogens is 418 g/mol. The number of benzene rings is 1. The molecule has 3 aliphatic rings. The van der Waals surface area contributed by atoms with Gasteiger partial charge in [0.1, 0.15) is 12.0 Å². The maximum Gasteiger partial charge on any atom is 0.337 e. The van der Waals surface area contributed by atoms with Crippen LogP contribution >= 0.6 is 0 Å². The van der Waals surface area contributed by atoms with Crippen LogP contribution < -0.4 is 5.32 Å². The van der Waals surface area contributed by atoms with Gasteiger partial charge in [-0.15, -0.1) is 0 Å². The van der Waals surface area contributed by atoms with Gasteiger partial charge in [0.05, 0.1) is 12.7 Å². The zero-order chi connectivity index (χ0) is 23.7. The second-order valence-electron chi connectivity index (χ2n) is 9.56. The number of methoxy groups -OCH3 is 1. The van der Waals surface area contributed by atoms with E-state index in [1.165, 1.54) is 13.5 Å². The third-order valence-corrected chi connectivity index (χ3v) is 7.29. The Morgan fingerprint density at radius 3 is 2.42 bits per heavy atom. The zero-order valence-corrected chi connectivity index (χ0v) is 19.9. The molecule has 1 aromatic carbocycles. The van der Waals surface area contributed by atoms with E-state index in [2.05, 4.69) is 5.32 Å². The summed E-state index contributed by atoms with van der Waals surface area (Å²) in [5.41, 5.74) is 4.30. The zero-order valence-electron chi connectivity index (χ0n) is 19.9. The lowest BCUT2D eigenvalue weighted by Crippen LogP contribution is -2.43. The largest absolute Gasteiger partial charge is 0.468 e. The van der Waals surface area contributed by atoms with E-state index in [0.717, 1.165) is 42.5 Å². The predicted octanol–water partition coefficient (Wildman–Crippen LogP) is 4.48. The highest BCUT2D eigenvalue weighted by Crippen LogP contribution is 2.46. The van der Waals surface area contributed by atoms with E-state index < -0.39 is 17.8 Å². The molecule has 4 rings (SSSR count). The van der Waals surface area contributed by atoms with Crippen LogP contribution in [0, 0.1) is 18.8 Å². The average molecular weight is 452 g/mol. The Bertz CT molecular complexity index is 1030. The molecule has 1 saturated carbocycles. The lowest BCUT2D eigenvalue weighted by molar-refractivity contribution is -0.151. The van der Waals surface area contributed by atoms with Crippen molar-refractivity contribution in [2.24, 2.45) is 11.8 Å². The van der Waals surface area contributed by atoms with Crippen molar-refractivity contribution in [2.45, 2.75) is 71.3 Å². The number of Topliss-reactive ketones (excluding diaryl/α,β-unsaturated/α-hetero) is 1. The van der Waals surface area contributed by atoms with Gasteiger partial charge in [-0.05, 0) is 63.0 Å². The molecule has 6 nitrogen and oxygen atoms in total. The Morgan fingerprint density at radius 1 is 1.06 bits per heavy atom. The Morgan fingerprint density at radius 2 is 1.76 bits per heavy atom. The minimum absolute atomic E-state index is 0.0932. The molecule has 1 heterocycles. The van der Waals surface area contributed by atoms with Crippen molar-refractivity contribution in [3.63, 3.8) is 0 Å². The SMILES string of the molecule is COC(=O)[C@H]1C(=O)C2=C(C[C@H]1C)NC(C)=C(C(=O)OC1CCCCC1)[C@@H]2c1ccccc1C. The number of carbonyl (C=O) groups is 3. The molecule has 3 atom stereocenters. The molecule has 1 fully saturated rings. The summed E-state index contributed by atoms with van der Waals surface area (Å²) in [6.45, 7) is 5.73. The number of carbonyl (C=O) groups excluding carboxylic acids is 3.